The number of imidazole rings is 1. The fraction of sp³-hybridized carbons (Fsp3) is 0.412. The van der Waals surface area contributed by atoms with Crippen LogP contribution in [0.3, 0.4) is 0 Å². The fourth-order valence-corrected chi connectivity index (χ4v) is 4.79. The maximum Gasteiger partial charge on any atom is 1.00 e. The number of carbonyl (C=O) groups is 1. The summed E-state index contributed by atoms with van der Waals surface area (Å²) in [4.78, 5) is 42.2. The molecule has 0 fully saturated rings. The van der Waals surface area contributed by atoms with E-state index in [1.807, 2.05) is 20.1 Å². The van der Waals surface area contributed by atoms with E-state index < -0.39 is 17.2 Å². The largest absolute Gasteiger partial charge is 1.00 e. The molecular weight excluding hydrogens is 411 g/mol. The second kappa shape index (κ2) is 9.00. The molecular formula is C17H19N4NaO4S2. The molecule has 0 atom stereocenters. The number of aromatic nitrogens is 4. The second-order valence-corrected chi connectivity index (χ2v) is 8.42. The Kier molecular flexibility index (Phi) is 7.38. The zero-order chi connectivity index (χ0) is 19.9. The first-order valence-electron chi connectivity index (χ1n) is 8.27. The average molecular weight is 430 g/mol. The SMILES string of the molecule is CSc1nccn1Cc1sc2c(c1C(=O)[O-])c(=O)n(C)c(=O)n2CC(C)C.[Na+]. The van der Waals surface area contributed by atoms with Crippen molar-refractivity contribution in [3.05, 3.63) is 43.7 Å². The number of nitrogens with zero attached hydrogens (tertiary/aromatic N) is 4. The van der Waals surface area contributed by atoms with Crippen molar-refractivity contribution >= 4 is 39.3 Å². The van der Waals surface area contributed by atoms with Gasteiger partial charge in [-0.1, -0.05) is 25.6 Å². The number of fused-ring (bicyclic) bond motifs is 1. The number of rotatable bonds is 6. The summed E-state index contributed by atoms with van der Waals surface area (Å²) >= 11 is 2.58. The van der Waals surface area contributed by atoms with Gasteiger partial charge in [0.15, 0.2) is 5.16 Å². The third-order valence-corrected chi connectivity index (χ3v) is 6.07. The van der Waals surface area contributed by atoms with Crippen molar-refractivity contribution in [1.29, 1.82) is 0 Å². The summed E-state index contributed by atoms with van der Waals surface area (Å²) in [6.07, 6.45) is 5.25. The third kappa shape index (κ3) is 4.02. The molecule has 0 unspecified atom stereocenters. The average Bonchev–Trinajstić information content (AvgIpc) is 3.21. The van der Waals surface area contributed by atoms with Gasteiger partial charge in [-0.3, -0.25) is 13.9 Å². The Balaban J connectivity index is 0.00000280. The van der Waals surface area contributed by atoms with Crippen molar-refractivity contribution in [2.24, 2.45) is 13.0 Å². The quantitative estimate of drug-likeness (QED) is 0.324. The van der Waals surface area contributed by atoms with Gasteiger partial charge in [0, 0.05) is 36.4 Å². The number of aromatic carboxylic acids is 1. The van der Waals surface area contributed by atoms with E-state index >= 15 is 0 Å². The molecule has 0 aliphatic rings. The van der Waals surface area contributed by atoms with E-state index in [1.165, 1.54) is 23.4 Å². The van der Waals surface area contributed by atoms with Crippen molar-refractivity contribution in [2.45, 2.75) is 32.1 Å². The Labute approximate surface area is 191 Å². The predicted molar refractivity (Wildman–Crippen MR) is 104 cm³/mol. The molecule has 3 aromatic rings. The number of thiophene rings is 1. The standard InChI is InChI=1S/C17H20N4O4S2.Na/c1-9(2)7-21-14-12(13(22)19(3)17(21)25)11(15(23)24)10(27-14)8-20-6-5-18-16(20)26-4;/h5-6,9H,7-8H2,1-4H3,(H,23,24);/q;+1/p-1. The molecule has 0 saturated heterocycles. The predicted octanol–water partition coefficient (Wildman–Crippen LogP) is -2.25. The molecule has 0 saturated carbocycles. The molecule has 3 aromatic heterocycles. The van der Waals surface area contributed by atoms with Gasteiger partial charge in [0.25, 0.3) is 5.56 Å². The van der Waals surface area contributed by atoms with Crippen LogP contribution in [-0.4, -0.2) is 30.9 Å². The Hall–Kier alpha value is -1.33. The van der Waals surface area contributed by atoms with Crippen molar-refractivity contribution in [3.63, 3.8) is 0 Å². The molecule has 0 N–H and O–H groups in total. The molecule has 3 heterocycles. The van der Waals surface area contributed by atoms with E-state index in [1.54, 1.807) is 17.0 Å². The van der Waals surface area contributed by atoms with Crippen LogP contribution >= 0.6 is 23.1 Å². The molecule has 0 aromatic carbocycles. The number of hydrogen-bond acceptors (Lipinski definition) is 7. The van der Waals surface area contributed by atoms with E-state index in [-0.39, 0.29) is 53.0 Å². The van der Waals surface area contributed by atoms with E-state index in [9.17, 15) is 19.5 Å². The minimum absolute atomic E-state index is 0. The van der Waals surface area contributed by atoms with Crippen molar-refractivity contribution in [1.82, 2.24) is 18.7 Å². The molecule has 0 radical (unpaired) electrons. The van der Waals surface area contributed by atoms with Gasteiger partial charge in [-0.2, -0.15) is 0 Å². The van der Waals surface area contributed by atoms with Gasteiger partial charge in [0.05, 0.1) is 17.9 Å². The number of carbonyl (C=O) groups excluding carboxylic acids is 1. The Morgan fingerprint density at radius 1 is 1.36 bits per heavy atom. The van der Waals surface area contributed by atoms with Crippen molar-refractivity contribution in [2.75, 3.05) is 6.26 Å². The van der Waals surface area contributed by atoms with E-state index in [0.717, 1.165) is 21.1 Å². The van der Waals surface area contributed by atoms with Crippen LogP contribution in [0.5, 0.6) is 0 Å². The molecule has 8 nitrogen and oxygen atoms in total. The van der Waals surface area contributed by atoms with Crippen LogP contribution in [0.4, 0.5) is 0 Å². The maximum absolute atomic E-state index is 12.7. The van der Waals surface area contributed by atoms with E-state index in [2.05, 4.69) is 4.98 Å². The Morgan fingerprint density at radius 3 is 2.61 bits per heavy atom. The van der Waals surface area contributed by atoms with Crippen LogP contribution in [-0.2, 0) is 20.1 Å². The molecule has 0 aliphatic heterocycles. The van der Waals surface area contributed by atoms with Crippen LogP contribution in [0.1, 0.15) is 29.1 Å². The topological polar surface area (TPSA) is 102 Å². The summed E-state index contributed by atoms with van der Waals surface area (Å²) in [6, 6.07) is 0. The third-order valence-electron chi connectivity index (χ3n) is 4.17. The summed E-state index contributed by atoms with van der Waals surface area (Å²) in [5.41, 5.74) is -1.22. The molecule has 28 heavy (non-hydrogen) atoms. The van der Waals surface area contributed by atoms with Gasteiger partial charge in [0.1, 0.15) is 4.83 Å². The van der Waals surface area contributed by atoms with E-state index in [4.69, 9.17) is 0 Å². The van der Waals surface area contributed by atoms with Gasteiger partial charge >= 0.3 is 35.2 Å². The first kappa shape index (κ1) is 23.0. The molecule has 144 valence electrons. The fourth-order valence-electron chi connectivity index (χ4n) is 2.99. The summed E-state index contributed by atoms with van der Waals surface area (Å²) in [6.45, 7) is 4.52. The minimum atomic E-state index is -1.42. The molecule has 0 amide bonds. The summed E-state index contributed by atoms with van der Waals surface area (Å²) < 4.78 is 4.24. The Morgan fingerprint density at radius 2 is 2.04 bits per heavy atom. The van der Waals surface area contributed by atoms with Crippen LogP contribution in [0.25, 0.3) is 10.2 Å². The first-order chi connectivity index (χ1) is 12.8. The zero-order valence-corrected chi connectivity index (χ0v) is 20.0. The molecule has 0 spiro atoms. The smallest absolute Gasteiger partial charge is 0.545 e. The molecule has 0 bridgehead atoms. The van der Waals surface area contributed by atoms with Crippen molar-refractivity contribution < 1.29 is 39.5 Å². The van der Waals surface area contributed by atoms with E-state index in [0.29, 0.717) is 16.3 Å². The Bertz CT molecular complexity index is 1140. The van der Waals surface area contributed by atoms with Gasteiger partial charge in [-0.25, -0.2) is 9.78 Å². The molecule has 11 heteroatoms. The van der Waals surface area contributed by atoms with Crippen molar-refractivity contribution in [3.8, 4) is 0 Å². The van der Waals surface area contributed by atoms with Crippen LogP contribution in [0, 0.1) is 5.92 Å². The molecule has 0 aliphatic carbocycles. The monoisotopic (exact) mass is 430 g/mol. The zero-order valence-electron chi connectivity index (χ0n) is 16.4. The summed E-state index contributed by atoms with van der Waals surface area (Å²) in [7, 11) is 1.36. The first-order valence-corrected chi connectivity index (χ1v) is 10.3. The van der Waals surface area contributed by atoms with Gasteiger partial charge in [-0.05, 0) is 12.2 Å². The summed E-state index contributed by atoms with van der Waals surface area (Å²) in [5.74, 6) is -1.27. The number of hydrogen-bond donors (Lipinski definition) is 0. The van der Waals surface area contributed by atoms with Crippen LogP contribution < -0.4 is 45.9 Å². The van der Waals surface area contributed by atoms with Crippen LogP contribution in [0.15, 0.2) is 27.1 Å². The van der Waals surface area contributed by atoms with Gasteiger partial charge in [-0.15, -0.1) is 11.3 Å². The minimum Gasteiger partial charge on any atom is -0.545 e. The van der Waals surface area contributed by atoms with Gasteiger partial charge in [0.2, 0.25) is 0 Å². The summed E-state index contributed by atoms with van der Waals surface area (Å²) in [5, 5.41) is 12.6. The number of carboxylic acid groups (broad SMARTS) is 1. The maximum atomic E-state index is 12.7. The molecule has 3 rings (SSSR count). The normalized spacial score (nSPS) is 11.2. The van der Waals surface area contributed by atoms with Crippen LogP contribution in [0.2, 0.25) is 0 Å². The van der Waals surface area contributed by atoms with Gasteiger partial charge < -0.3 is 14.5 Å². The second-order valence-electron chi connectivity index (χ2n) is 6.56. The number of thioether (sulfide) groups is 1. The number of carboxylic acids is 1.